The van der Waals surface area contributed by atoms with Crippen molar-refractivity contribution in [2.75, 3.05) is 0 Å². The van der Waals surface area contributed by atoms with Gasteiger partial charge in [-0.25, -0.2) is 0 Å². The Hall–Kier alpha value is -0.850. The predicted octanol–water partition coefficient (Wildman–Crippen LogP) is 10.7. The molecule has 38 heavy (non-hydrogen) atoms. The monoisotopic (exact) mass is 523 g/mol. The summed E-state index contributed by atoms with van der Waals surface area (Å²) in [6.07, 6.45) is 26.5. The van der Waals surface area contributed by atoms with E-state index in [4.69, 9.17) is 0 Å². The van der Waals surface area contributed by atoms with Crippen LogP contribution < -0.4 is 0 Å². The molecule has 0 aliphatic rings. The van der Waals surface area contributed by atoms with Gasteiger partial charge < -0.3 is 0 Å². The molecule has 1 unspecified atom stereocenters. The van der Waals surface area contributed by atoms with Crippen LogP contribution in [0, 0.1) is 5.41 Å². The van der Waals surface area contributed by atoms with Gasteiger partial charge >= 0.3 is 227 Å². The third kappa shape index (κ3) is 15.7. The normalized spacial score (nSPS) is 13.3. The number of unbranched alkanes of at least 4 members (excludes halogenated alkanes) is 11. The summed E-state index contributed by atoms with van der Waals surface area (Å²) < 4.78 is 0. The second kappa shape index (κ2) is 21.0. The molecule has 3 heteroatoms. The number of carbonyl (C=O) groups excluding carboxylic acids is 1. The number of rotatable bonds is 25. The predicted molar refractivity (Wildman–Crippen MR) is 174 cm³/mol. The molecular weight excluding hydrogens is 458 g/mol. The van der Waals surface area contributed by atoms with Crippen LogP contribution in [0.2, 0.25) is 5.31 Å². The molecule has 1 atom stereocenters. The molecule has 0 saturated carbocycles. The van der Waals surface area contributed by atoms with Crippen LogP contribution in [-0.2, 0) is 17.6 Å². The van der Waals surface area contributed by atoms with Crippen molar-refractivity contribution in [3.05, 3.63) is 29.1 Å². The molecule has 0 aliphatic heterocycles. The van der Waals surface area contributed by atoms with Crippen molar-refractivity contribution < 1.29 is 4.79 Å². The van der Waals surface area contributed by atoms with E-state index in [1.165, 1.54) is 133 Å². The first kappa shape index (κ1) is 35.2. The van der Waals surface area contributed by atoms with Gasteiger partial charge in [0.1, 0.15) is 0 Å². The Morgan fingerprint density at radius 2 is 1.18 bits per heavy atom. The quantitative estimate of drug-likeness (QED) is 0.0922. The van der Waals surface area contributed by atoms with Gasteiger partial charge in [0.05, 0.1) is 0 Å². The van der Waals surface area contributed by atoms with E-state index < -0.39 is 0 Å². The van der Waals surface area contributed by atoms with Gasteiger partial charge in [0.15, 0.2) is 0 Å². The smallest absolute Gasteiger partial charge is 0.0654 e. The fraction of sp³-hybridized carbons (Fsp3) is 0.829. The molecule has 0 spiro atoms. The molecule has 1 heterocycles. The Balaban J connectivity index is 2.89. The molecule has 1 aromatic rings. The summed E-state index contributed by atoms with van der Waals surface area (Å²) in [5.74, 6) is 4.47. The van der Waals surface area contributed by atoms with Crippen molar-refractivity contribution >= 4 is 19.9 Å². The van der Waals surface area contributed by atoms with Gasteiger partial charge in [-0.3, -0.25) is 0 Å². The van der Waals surface area contributed by atoms with E-state index >= 15 is 0 Å². The average molecular weight is 523 g/mol. The van der Waals surface area contributed by atoms with Crippen LogP contribution in [0.25, 0.3) is 0 Å². The first-order valence-corrected chi connectivity index (χ1v) is 16.9. The standard InChI is InChI=1S/C35H64B2O/c1-7-11-15-18-19-24-34(5,23-14-10-4)29-32-30-36-27-22-31(32)28-33(38)37-35(6,25-20-16-12-8-2)26-21-17-13-9-3/h22,27,30,37H,7-21,23-26,28-29H2,1-6H3. The van der Waals surface area contributed by atoms with Gasteiger partial charge in [-0.1, -0.05) is 13.8 Å². The van der Waals surface area contributed by atoms with Gasteiger partial charge in [-0.2, -0.15) is 0 Å². The Kier molecular flexibility index (Phi) is 19.4. The Labute approximate surface area is 240 Å². The zero-order valence-electron chi connectivity index (χ0n) is 26.8. The molecule has 0 aromatic carbocycles. The fourth-order valence-electron chi connectivity index (χ4n) is 6.43. The van der Waals surface area contributed by atoms with Crippen molar-refractivity contribution in [3.8, 4) is 0 Å². The molecule has 0 saturated heterocycles. The molecule has 0 N–H and O–H groups in total. The van der Waals surface area contributed by atoms with Crippen molar-refractivity contribution in [2.24, 2.45) is 5.41 Å². The molecule has 216 valence electrons. The fourth-order valence-corrected chi connectivity index (χ4v) is 6.43. The van der Waals surface area contributed by atoms with E-state index in [2.05, 4.69) is 66.4 Å². The molecule has 0 fully saturated rings. The van der Waals surface area contributed by atoms with Gasteiger partial charge in [-0.15, -0.1) is 0 Å². The van der Waals surface area contributed by atoms with Crippen LogP contribution >= 0.6 is 0 Å². The van der Waals surface area contributed by atoms with Gasteiger partial charge in [0.2, 0.25) is 0 Å². The van der Waals surface area contributed by atoms with Crippen LogP contribution in [0.3, 0.4) is 0 Å². The van der Waals surface area contributed by atoms with Gasteiger partial charge in [-0.05, 0) is 0 Å². The minimum absolute atomic E-state index is 0.168. The molecule has 0 amide bonds. The van der Waals surface area contributed by atoms with Crippen molar-refractivity contribution in [3.63, 3.8) is 0 Å². The summed E-state index contributed by atoms with van der Waals surface area (Å²) in [6.45, 7) is 16.3. The SMILES string of the molecule is CCCCCCCC(C)(CCCC)Cc1cbccc1CC(=O)BC(C)(CCCCCC)CCCCCC. The summed E-state index contributed by atoms with van der Waals surface area (Å²) in [6, 6.07) is 2.24. The van der Waals surface area contributed by atoms with Crippen molar-refractivity contribution in [1.29, 1.82) is 0 Å². The maximum atomic E-state index is 13.6. The topological polar surface area (TPSA) is 17.1 Å². The molecular formula is C35H64B2O. The van der Waals surface area contributed by atoms with E-state index in [0.29, 0.717) is 17.5 Å². The molecule has 1 rings (SSSR count). The summed E-state index contributed by atoms with van der Waals surface area (Å²) in [5, 5.41) is 0.168. The van der Waals surface area contributed by atoms with Crippen LogP contribution in [-0.4, -0.2) is 19.9 Å². The zero-order chi connectivity index (χ0) is 28.1. The van der Waals surface area contributed by atoms with Crippen LogP contribution in [0.4, 0.5) is 0 Å². The number of carbonyl (C=O) groups is 1. The number of hydrogen-bond donors (Lipinski definition) is 0. The van der Waals surface area contributed by atoms with E-state index in [9.17, 15) is 4.79 Å². The van der Waals surface area contributed by atoms with E-state index in [1.54, 1.807) is 0 Å². The first-order valence-electron chi connectivity index (χ1n) is 16.9. The van der Waals surface area contributed by atoms with Crippen LogP contribution in [0.1, 0.15) is 175 Å². The maximum absolute atomic E-state index is 13.6. The van der Waals surface area contributed by atoms with Crippen LogP contribution in [0.15, 0.2) is 18.0 Å². The summed E-state index contributed by atoms with van der Waals surface area (Å²) in [7, 11) is 0.754. The second-order valence-electron chi connectivity index (χ2n) is 13.3. The van der Waals surface area contributed by atoms with Gasteiger partial charge in [0.25, 0.3) is 0 Å². The third-order valence-corrected chi connectivity index (χ3v) is 9.03. The average Bonchev–Trinajstić information content (AvgIpc) is 2.89. The summed E-state index contributed by atoms with van der Waals surface area (Å²) >= 11 is 0. The summed E-state index contributed by atoms with van der Waals surface area (Å²) in [4.78, 5) is 13.6. The van der Waals surface area contributed by atoms with Crippen molar-refractivity contribution in [1.82, 2.24) is 0 Å². The number of hydrogen-bond acceptors (Lipinski definition) is 1. The first-order chi connectivity index (χ1) is 18.3. The zero-order valence-corrected chi connectivity index (χ0v) is 26.8. The minimum atomic E-state index is 0.168. The molecule has 0 radical (unpaired) electrons. The van der Waals surface area contributed by atoms with Gasteiger partial charge in [0, 0.05) is 0 Å². The Bertz CT molecular complexity index is 718. The van der Waals surface area contributed by atoms with Crippen LogP contribution in [0.5, 0.6) is 0 Å². The third-order valence-electron chi connectivity index (χ3n) is 9.03. The molecule has 1 aromatic heterocycles. The minimum Gasteiger partial charge on any atom is -0.0654 e. The van der Waals surface area contributed by atoms with E-state index in [0.717, 1.165) is 13.7 Å². The second-order valence-corrected chi connectivity index (χ2v) is 13.3. The molecule has 0 aliphatic carbocycles. The molecule has 0 bridgehead atoms. The molecule has 1 nitrogen and oxygen atoms in total. The van der Waals surface area contributed by atoms with E-state index in [-0.39, 0.29) is 5.31 Å². The Morgan fingerprint density at radius 1 is 0.684 bits per heavy atom. The summed E-state index contributed by atoms with van der Waals surface area (Å²) in [5.41, 5.74) is 3.53. The Morgan fingerprint density at radius 3 is 1.76 bits per heavy atom. The van der Waals surface area contributed by atoms with Crippen molar-refractivity contribution in [2.45, 2.75) is 182 Å². The van der Waals surface area contributed by atoms with E-state index in [1.807, 2.05) is 0 Å².